The molecule has 0 bridgehead atoms. The SMILES string of the molecule is CCN1CC(C2CCCCC2)NCC1C1CCCCC1. The fourth-order valence-corrected chi connectivity index (χ4v) is 5.05. The summed E-state index contributed by atoms with van der Waals surface area (Å²) >= 11 is 0. The molecular weight excluding hydrogens is 244 g/mol. The molecule has 2 unspecified atom stereocenters. The molecule has 2 heteroatoms. The van der Waals surface area contributed by atoms with Crippen molar-refractivity contribution in [1.29, 1.82) is 0 Å². The summed E-state index contributed by atoms with van der Waals surface area (Å²) in [7, 11) is 0. The monoisotopic (exact) mass is 278 g/mol. The molecule has 2 atom stereocenters. The summed E-state index contributed by atoms with van der Waals surface area (Å²) in [5.41, 5.74) is 0. The highest BCUT2D eigenvalue weighted by atomic mass is 15.2. The Hall–Kier alpha value is -0.0800. The minimum atomic E-state index is 0.787. The van der Waals surface area contributed by atoms with Crippen LogP contribution in [0.25, 0.3) is 0 Å². The molecule has 1 aliphatic heterocycles. The van der Waals surface area contributed by atoms with E-state index in [9.17, 15) is 0 Å². The first-order chi connectivity index (χ1) is 9.88. The Kier molecular flexibility index (Phi) is 5.39. The number of hydrogen-bond acceptors (Lipinski definition) is 2. The molecule has 2 saturated carbocycles. The van der Waals surface area contributed by atoms with Crippen LogP contribution in [0, 0.1) is 11.8 Å². The first kappa shape index (κ1) is 14.8. The van der Waals surface area contributed by atoms with Gasteiger partial charge >= 0.3 is 0 Å². The van der Waals surface area contributed by atoms with E-state index in [1.54, 1.807) is 0 Å². The summed E-state index contributed by atoms with van der Waals surface area (Å²) in [6.07, 6.45) is 14.8. The molecule has 2 nitrogen and oxygen atoms in total. The highest BCUT2D eigenvalue weighted by Crippen LogP contribution is 2.33. The van der Waals surface area contributed by atoms with Crippen molar-refractivity contribution < 1.29 is 0 Å². The van der Waals surface area contributed by atoms with Gasteiger partial charge in [-0.2, -0.15) is 0 Å². The Morgan fingerprint density at radius 3 is 2.05 bits per heavy atom. The summed E-state index contributed by atoms with van der Waals surface area (Å²) in [6.45, 7) is 6.22. The number of hydrogen-bond donors (Lipinski definition) is 1. The van der Waals surface area contributed by atoms with E-state index in [1.807, 2.05) is 0 Å². The fourth-order valence-electron chi connectivity index (χ4n) is 5.05. The largest absolute Gasteiger partial charge is 0.311 e. The van der Waals surface area contributed by atoms with Gasteiger partial charge in [-0.1, -0.05) is 45.4 Å². The molecule has 0 radical (unpaired) electrons. The van der Waals surface area contributed by atoms with Crippen molar-refractivity contribution in [1.82, 2.24) is 10.2 Å². The molecule has 0 aromatic carbocycles. The standard InChI is InChI=1S/C18H34N2/c1-2-20-14-17(15-9-5-3-6-10-15)19-13-18(20)16-11-7-4-8-12-16/h15-19H,2-14H2,1H3. The first-order valence-electron chi connectivity index (χ1n) is 9.36. The van der Waals surface area contributed by atoms with Crippen LogP contribution in [0.1, 0.15) is 71.1 Å². The van der Waals surface area contributed by atoms with Crippen molar-refractivity contribution in [3.8, 4) is 0 Å². The van der Waals surface area contributed by atoms with Crippen LogP contribution < -0.4 is 5.32 Å². The lowest BCUT2D eigenvalue weighted by Gasteiger charge is -2.47. The minimum absolute atomic E-state index is 0.787. The van der Waals surface area contributed by atoms with Crippen LogP contribution in [0.5, 0.6) is 0 Å². The summed E-state index contributed by atoms with van der Waals surface area (Å²) in [5.74, 6) is 1.94. The average Bonchev–Trinajstić information content (AvgIpc) is 2.56. The normalized spacial score (nSPS) is 35.2. The topological polar surface area (TPSA) is 15.3 Å². The van der Waals surface area contributed by atoms with Gasteiger partial charge in [0, 0.05) is 25.2 Å². The molecule has 116 valence electrons. The van der Waals surface area contributed by atoms with E-state index >= 15 is 0 Å². The van der Waals surface area contributed by atoms with E-state index in [0.29, 0.717) is 0 Å². The van der Waals surface area contributed by atoms with Crippen molar-refractivity contribution in [3.63, 3.8) is 0 Å². The number of nitrogens with zero attached hydrogens (tertiary/aromatic N) is 1. The Labute approximate surface area is 125 Å². The quantitative estimate of drug-likeness (QED) is 0.844. The van der Waals surface area contributed by atoms with E-state index < -0.39 is 0 Å². The maximum atomic E-state index is 3.96. The number of nitrogens with one attached hydrogen (secondary N) is 1. The maximum Gasteiger partial charge on any atom is 0.0249 e. The van der Waals surface area contributed by atoms with Gasteiger partial charge in [0.1, 0.15) is 0 Å². The van der Waals surface area contributed by atoms with Crippen LogP contribution in [0.15, 0.2) is 0 Å². The lowest BCUT2D eigenvalue weighted by molar-refractivity contribution is 0.0560. The molecule has 0 amide bonds. The van der Waals surface area contributed by atoms with Crippen LogP contribution in [-0.4, -0.2) is 36.6 Å². The van der Waals surface area contributed by atoms with Crippen molar-refractivity contribution in [2.75, 3.05) is 19.6 Å². The zero-order valence-corrected chi connectivity index (χ0v) is 13.4. The van der Waals surface area contributed by atoms with E-state index in [-0.39, 0.29) is 0 Å². The van der Waals surface area contributed by atoms with Crippen LogP contribution >= 0.6 is 0 Å². The van der Waals surface area contributed by atoms with E-state index in [0.717, 1.165) is 23.9 Å². The van der Waals surface area contributed by atoms with Gasteiger partial charge < -0.3 is 5.32 Å². The molecule has 0 aromatic rings. The van der Waals surface area contributed by atoms with E-state index in [4.69, 9.17) is 0 Å². The second-order valence-corrected chi connectivity index (χ2v) is 7.47. The van der Waals surface area contributed by atoms with Gasteiger partial charge in [0.15, 0.2) is 0 Å². The van der Waals surface area contributed by atoms with Gasteiger partial charge in [-0.15, -0.1) is 0 Å². The second-order valence-electron chi connectivity index (χ2n) is 7.47. The van der Waals surface area contributed by atoms with Crippen LogP contribution in [0.2, 0.25) is 0 Å². The number of piperazine rings is 1. The van der Waals surface area contributed by atoms with Gasteiger partial charge in [0.2, 0.25) is 0 Å². The Morgan fingerprint density at radius 2 is 1.45 bits per heavy atom. The highest BCUT2D eigenvalue weighted by Gasteiger charge is 2.35. The third-order valence-corrected chi connectivity index (χ3v) is 6.31. The molecular formula is C18H34N2. The second kappa shape index (κ2) is 7.26. The predicted octanol–water partition coefficient (Wildman–Crippen LogP) is 3.81. The predicted molar refractivity (Wildman–Crippen MR) is 86.0 cm³/mol. The third-order valence-electron chi connectivity index (χ3n) is 6.31. The minimum Gasteiger partial charge on any atom is -0.311 e. The van der Waals surface area contributed by atoms with Crippen molar-refractivity contribution >= 4 is 0 Å². The average molecular weight is 278 g/mol. The molecule has 0 aromatic heterocycles. The Morgan fingerprint density at radius 1 is 0.850 bits per heavy atom. The third kappa shape index (κ3) is 3.39. The summed E-state index contributed by atoms with van der Waals surface area (Å²) in [6, 6.07) is 1.62. The fraction of sp³-hybridized carbons (Fsp3) is 1.00. The zero-order valence-electron chi connectivity index (χ0n) is 13.4. The van der Waals surface area contributed by atoms with Gasteiger partial charge in [-0.3, -0.25) is 4.90 Å². The molecule has 1 saturated heterocycles. The highest BCUT2D eigenvalue weighted by molar-refractivity contribution is 4.93. The van der Waals surface area contributed by atoms with Crippen LogP contribution in [-0.2, 0) is 0 Å². The van der Waals surface area contributed by atoms with Gasteiger partial charge in [0.25, 0.3) is 0 Å². The van der Waals surface area contributed by atoms with Crippen molar-refractivity contribution in [3.05, 3.63) is 0 Å². The van der Waals surface area contributed by atoms with E-state index in [1.165, 1.54) is 83.8 Å². The smallest absolute Gasteiger partial charge is 0.0249 e. The maximum absolute atomic E-state index is 3.96. The van der Waals surface area contributed by atoms with Crippen LogP contribution in [0.3, 0.4) is 0 Å². The molecule has 3 rings (SSSR count). The molecule has 20 heavy (non-hydrogen) atoms. The molecule has 1 N–H and O–H groups in total. The molecule has 3 aliphatic rings. The molecule has 1 heterocycles. The van der Waals surface area contributed by atoms with Crippen molar-refractivity contribution in [2.24, 2.45) is 11.8 Å². The van der Waals surface area contributed by atoms with Crippen LogP contribution in [0.4, 0.5) is 0 Å². The van der Waals surface area contributed by atoms with Crippen molar-refractivity contribution in [2.45, 2.75) is 83.2 Å². The number of rotatable bonds is 3. The zero-order chi connectivity index (χ0) is 13.8. The first-order valence-corrected chi connectivity index (χ1v) is 9.36. The van der Waals surface area contributed by atoms with Gasteiger partial charge in [0.05, 0.1) is 0 Å². The lowest BCUT2D eigenvalue weighted by Crippen LogP contribution is -2.60. The summed E-state index contributed by atoms with van der Waals surface area (Å²) in [5, 5.41) is 3.96. The molecule has 0 spiro atoms. The molecule has 3 fully saturated rings. The van der Waals surface area contributed by atoms with Gasteiger partial charge in [-0.05, 0) is 44.1 Å². The van der Waals surface area contributed by atoms with E-state index in [2.05, 4.69) is 17.1 Å². The summed E-state index contributed by atoms with van der Waals surface area (Å²) < 4.78 is 0. The summed E-state index contributed by atoms with van der Waals surface area (Å²) in [4.78, 5) is 2.83. The number of likely N-dealkylation sites (N-methyl/N-ethyl adjacent to an activating group) is 1. The Balaban J connectivity index is 1.57. The molecule has 2 aliphatic carbocycles. The van der Waals surface area contributed by atoms with Gasteiger partial charge in [-0.25, -0.2) is 0 Å². The Bertz CT molecular complexity index is 279. The lowest BCUT2D eigenvalue weighted by atomic mass is 9.79.